The summed E-state index contributed by atoms with van der Waals surface area (Å²) in [5.41, 5.74) is 0.0886. The van der Waals surface area contributed by atoms with Gasteiger partial charge in [0.15, 0.2) is 0 Å². The summed E-state index contributed by atoms with van der Waals surface area (Å²) in [5.74, 6) is -0.139. The first-order valence-corrected chi connectivity index (χ1v) is 19.1. The van der Waals surface area contributed by atoms with Crippen molar-refractivity contribution in [3.63, 3.8) is 0 Å². The van der Waals surface area contributed by atoms with Crippen LogP contribution in [-0.2, 0) is 0 Å². The number of nitro groups is 2. The molecule has 0 aliphatic carbocycles. The second-order valence-corrected chi connectivity index (χ2v) is 23.8. The van der Waals surface area contributed by atoms with E-state index >= 15 is 0 Å². The molecule has 232 valence electrons. The van der Waals surface area contributed by atoms with Crippen LogP contribution in [0.4, 0.5) is 11.4 Å². The Balaban J connectivity index is 2.63. The fourth-order valence-corrected chi connectivity index (χ4v) is 17.6. The first-order valence-electron chi connectivity index (χ1n) is 14.8. The lowest BCUT2D eigenvalue weighted by atomic mass is 10.00. The van der Waals surface area contributed by atoms with Gasteiger partial charge in [0.25, 0.3) is 28.0 Å². The fraction of sp³-hybridized carbons (Fsp3) is 0.581. The molecule has 11 heteroatoms. The molecule has 0 heterocycles. The molecule has 0 spiro atoms. The molecule has 42 heavy (non-hydrogen) atoms. The zero-order chi connectivity index (χ0) is 32.3. The van der Waals surface area contributed by atoms with Gasteiger partial charge in [0.05, 0.1) is 22.0 Å². The average molecular weight is 617 g/mol. The average Bonchev–Trinajstić information content (AvgIpc) is 2.88. The molecule has 0 N–H and O–H groups in total. The number of benzene rings is 2. The van der Waals surface area contributed by atoms with E-state index in [2.05, 4.69) is 83.1 Å². The second-order valence-electron chi connectivity index (χ2n) is 13.0. The van der Waals surface area contributed by atoms with E-state index in [0.29, 0.717) is 11.5 Å². The van der Waals surface area contributed by atoms with Gasteiger partial charge in [0.2, 0.25) is 5.78 Å². The number of carbonyl (C=O) groups is 1. The highest BCUT2D eigenvalue weighted by molar-refractivity contribution is 6.78. The lowest BCUT2D eigenvalue weighted by Crippen LogP contribution is -2.50. The molecule has 2 aromatic carbocycles. The Labute approximate surface area is 252 Å². The third kappa shape index (κ3) is 6.61. The van der Waals surface area contributed by atoms with Crippen molar-refractivity contribution < 1.29 is 23.5 Å². The summed E-state index contributed by atoms with van der Waals surface area (Å²) in [5, 5.41) is 24.3. The second kappa shape index (κ2) is 13.5. The van der Waals surface area contributed by atoms with E-state index in [9.17, 15) is 25.0 Å². The van der Waals surface area contributed by atoms with Gasteiger partial charge in [-0.25, -0.2) is 0 Å². The molecule has 0 bridgehead atoms. The zero-order valence-electron chi connectivity index (χ0n) is 27.2. The van der Waals surface area contributed by atoms with Crippen molar-refractivity contribution in [2.24, 2.45) is 0 Å². The van der Waals surface area contributed by atoms with E-state index < -0.39 is 43.6 Å². The molecule has 0 saturated carbocycles. The van der Waals surface area contributed by atoms with Gasteiger partial charge in [-0.15, -0.1) is 0 Å². The van der Waals surface area contributed by atoms with E-state index in [1.807, 2.05) is 0 Å². The number of carbonyl (C=O) groups excluding carboxylic acids is 1. The Kier molecular flexibility index (Phi) is 11.3. The normalized spacial score (nSPS) is 12.6. The summed E-state index contributed by atoms with van der Waals surface area (Å²) in [6, 6.07) is 8.37. The minimum absolute atomic E-state index is 0.231. The number of hydrogen-bond donors (Lipinski definition) is 0. The van der Waals surface area contributed by atoms with Crippen LogP contribution in [-0.4, -0.2) is 32.3 Å². The van der Waals surface area contributed by atoms with E-state index in [1.54, 1.807) is 12.1 Å². The molecule has 0 amide bonds. The Morgan fingerprint density at radius 2 is 0.833 bits per heavy atom. The summed E-state index contributed by atoms with van der Waals surface area (Å²) in [6.07, 6.45) is 0. The van der Waals surface area contributed by atoms with E-state index in [1.165, 1.54) is 24.3 Å². The van der Waals surface area contributed by atoms with Gasteiger partial charge in [-0.3, -0.25) is 25.0 Å². The van der Waals surface area contributed by atoms with Crippen LogP contribution in [0.3, 0.4) is 0 Å². The molecule has 9 nitrogen and oxygen atoms in total. The molecule has 2 rings (SSSR count). The molecule has 0 aliphatic heterocycles. The minimum Gasteiger partial charge on any atom is -0.543 e. The van der Waals surface area contributed by atoms with Crippen molar-refractivity contribution in [3.05, 3.63) is 67.8 Å². The van der Waals surface area contributed by atoms with E-state index in [-0.39, 0.29) is 44.4 Å². The minimum atomic E-state index is -2.42. The third-order valence-electron chi connectivity index (χ3n) is 8.82. The first kappa shape index (κ1) is 35.1. The van der Waals surface area contributed by atoms with Gasteiger partial charge in [-0.1, -0.05) is 83.1 Å². The van der Waals surface area contributed by atoms with Crippen molar-refractivity contribution in [1.82, 2.24) is 0 Å². The van der Waals surface area contributed by atoms with Crippen LogP contribution >= 0.6 is 0 Å². The summed E-state index contributed by atoms with van der Waals surface area (Å²) in [6.45, 7) is 25.3. The molecule has 0 aromatic heterocycles. The maximum atomic E-state index is 13.7. The van der Waals surface area contributed by atoms with Crippen molar-refractivity contribution in [1.29, 1.82) is 0 Å². The van der Waals surface area contributed by atoms with E-state index in [0.717, 1.165) is 0 Å². The van der Waals surface area contributed by atoms with Crippen molar-refractivity contribution in [3.8, 4) is 11.5 Å². The highest BCUT2D eigenvalue weighted by atomic mass is 28.4. The molecule has 0 fully saturated rings. The third-order valence-corrected chi connectivity index (χ3v) is 20.8. The van der Waals surface area contributed by atoms with Crippen LogP contribution in [0, 0.1) is 20.2 Å². The van der Waals surface area contributed by atoms with Gasteiger partial charge >= 0.3 is 0 Å². The number of nitro benzene ring substituents is 2. The summed E-state index contributed by atoms with van der Waals surface area (Å²) in [7, 11) is -4.83. The van der Waals surface area contributed by atoms with Gasteiger partial charge in [-0.05, 0) is 57.5 Å². The largest absolute Gasteiger partial charge is 0.543 e. The number of ketones is 1. The molecule has 0 aliphatic rings. The summed E-state index contributed by atoms with van der Waals surface area (Å²) in [4.78, 5) is 36.7. The topological polar surface area (TPSA) is 122 Å². The molecule has 0 saturated heterocycles. The smallest absolute Gasteiger partial charge is 0.284 e. The van der Waals surface area contributed by atoms with Crippen molar-refractivity contribution in [2.45, 2.75) is 116 Å². The monoisotopic (exact) mass is 616 g/mol. The predicted molar refractivity (Wildman–Crippen MR) is 173 cm³/mol. The van der Waals surface area contributed by atoms with Crippen LogP contribution < -0.4 is 8.85 Å². The van der Waals surface area contributed by atoms with E-state index in [4.69, 9.17) is 8.85 Å². The molecule has 2 aromatic rings. The van der Waals surface area contributed by atoms with Crippen LogP contribution in [0.1, 0.15) is 99.0 Å². The standard InChI is InChI=1S/C31H48N2O7Si2/c1-19(2)41(20(3)4,21(5)6)39-25-13-15-27(29(17-25)32(35)36)31(34)28-16-14-26(18-30(28)33(37)38)40-42(22(7)8,23(9)10)24(11)12/h13-24H,1-12H3. The van der Waals surface area contributed by atoms with Crippen LogP contribution in [0.15, 0.2) is 36.4 Å². The molecule has 0 atom stereocenters. The maximum absolute atomic E-state index is 13.7. The fourth-order valence-electron chi connectivity index (χ4n) is 7.10. The Bertz CT molecular complexity index is 1170. The van der Waals surface area contributed by atoms with Gasteiger partial charge in [0, 0.05) is 0 Å². The van der Waals surface area contributed by atoms with Gasteiger partial charge in [0.1, 0.15) is 22.6 Å². The van der Waals surface area contributed by atoms with Crippen molar-refractivity contribution in [2.75, 3.05) is 0 Å². The zero-order valence-corrected chi connectivity index (χ0v) is 29.2. The molecular weight excluding hydrogens is 569 g/mol. The predicted octanol–water partition coefficient (Wildman–Crippen LogP) is 9.84. The molecule has 0 radical (unpaired) electrons. The lowest BCUT2D eigenvalue weighted by Gasteiger charge is -2.42. The van der Waals surface area contributed by atoms with Gasteiger partial charge in [-0.2, -0.15) is 0 Å². The van der Waals surface area contributed by atoms with Crippen LogP contribution in [0.25, 0.3) is 0 Å². The number of rotatable bonds is 14. The maximum Gasteiger partial charge on any atom is 0.284 e. The number of nitrogens with zero attached hydrogens (tertiary/aromatic N) is 2. The SMILES string of the molecule is CC(C)[Si](Oc1ccc(C(=O)c2ccc(O[Si](C(C)C)(C(C)C)C(C)C)cc2[N+](=O)[O-])c([N+](=O)[O-])c1)(C(C)C)C(C)C. The highest BCUT2D eigenvalue weighted by Crippen LogP contribution is 2.45. The van der Waals surface area contributed by atoms with Gasteiger partial charge < -0.3 is 8.85 Å². The quantitative estimate of drug-likeness (QED) is 0.0895. The molecule has 0 unspecified atom stereocenters. The van der Waals surface area contributed by atoms with Crippen LogP contribution in [0.5, 0.6) is 11.5 Å². The summed E-state index contributed by atoms with van der Waals surface area (Å²) < 4.78 is 13.2. The lowest BCUT2D eigenvalue weighted by molar-refractivity contribution is -0.385. The summed E-state index contributed by atoms with van der Waals surface area (Å²) >= 11 is 0. The highest BCUT2D eigenvalue weighted by Gasteiger charge is 2.48. The van der Waals surface area contributed by atoms with Crippen LogP contribution in [0.2, 0.25) is 33.2 Å². The Morgan fingerprint density at radius 1 is 0.571 bits per heavy atom. The Hall–Kier alpha value is -3.06. The first-order chi connectivity index (χ1) is 19.3. The molecular formula is C31H48N2O7Si2. The number of hydrogen-bond acceptors (Lipinski definition) is 7. The van der Waals surface area contributed by atoms with Crippen molar-refractivity contribution >= 4 is 33.8 Å². The Morgan fingerprint density at radius 3 is 1.05 bits per heavy atom.